The van der Waals surface area contributed by atoms with E-state index in [-0.39, 0.29) is 0 Å². The summed E-state index contributed by atoms with van der Waals surface area (Å²) in [4.78, 5) is 0. The van der Waals surface area contributed by atoms with Gasteiger partial charge in [-0.05, 0) is 78.0 Å². The number of hydrogen-bond donors (Lipinski definition) is 1. The molecule has 0 aliphatic carbocycles. The Morgan fingerprint density at radius 2 is 2.17 bits per heavy atom. The molecule has 1 heterocycles. The molecule has 98 valence electrons. The van der Waals surface area contributed by atoms with Gasteiger partial charge in [-0.1, -0.05) is 12.6 Å². The predicted molar refractivity (Wildman–Crippen MR) is 79.3 cm³/mol. The van der Waals surface area contributed by atoms with Crippen LogP contribution in [0.2, 0.25) is 0 Å². The maximum atomic E-state index is 5.68. The lowest BCUT2D eigenvalue weighted by Crippen LogP contribution is -2.26. The maximum Gasteiger partial charge on any atom is 0.133 e. The van der Waals surface area contributed by atoms with Crippen LogP contribution in [0.15, 0.2) is 34.8 Å². The second-order valence-electron chi connectivity index (χ2n) is 4.96. The van der Waals surface area contributed by atoms with Crippen LogP contribution in [0.3, 0.4) is 0 Å². The van der Waals surface area contributed by atoms with E-state index in [1.807, 2.05) is 6.92 Å². The van der Waals surface area contributed by atoms with Gasteiger partial charge in [0.05, 0.1) is 4.47 Å². The van der Waals surface area contributed by atoms with Crippen molar-refractivity contribution in [1.82, 2.24) is 5.32 Å². The van der Waals surface area contributed by atoms with Gasteiger partial charge in [-0.3, -0.25) is 0 Å². The van der Waals surface area contributed by atoms with E-state index in [1.165, 1.54) is 18.4 Å². The minimum absolute atomic E-state index is 0.575. The standard InChI is InChI=1S/C15H20BrNO/c1-11(2)10-18-15-4-3-13(9-14(15)16)12-5-7-17-8-6-12/h3-4,9,12,17H,1,5-8,10H2,2H3. The van der Waals surface area contributed by atoms with Gasteiger partial charge in [-0.2, -0.15) is 0 Å². The van der Waals surface area contributed by atoms with E-state index in [4.69, 9.17) is 4.74 Å². The van der Waals surface area contributed by atoms with E-state index < -0.39 is 0 Å². The Bertz CT molecular complexity index is 425. The summed E-state index contributed by atoms with van der Waals surface area (Å²) in [5.41, 5.74) is 2.44. The maximum absolute atomic E-state index is 5.68. The van der Waals surface area contributed by atoms with Gasteiger partial charge in [0.2, 0.25) is 0 Å². The minimum Gasteiger partial charge on any atom is -0.488 e. The molecule has 0 bridgehead atoms. The quantitative estimate of drug-likeness (QED) is 0.852. The van der Waals surface area contributed by atoms with Gasteiger partial charge >= 0.3 is 0 Å². The number of halogens is 1. The summed E-state index contributed by atoms with van der Waals surface area (Å²) in [6.45, 7) is 8.63. The van der Waals surface area contributed by atoms with Crippen LogP contribution in [0, 0.1) is 0 Å². The molecule has 0 amide bonds. The fraction of sp³-hybridized carbons (Fsp3) is 0.467. The first kappa shape index (κ1) is 13.6. The monoisotopic (exact) mass is 309 g/mol. The third-order valence-corrected chi connectivity index (χ3v) is 3.86. The van der Waals surface area contributed by atoms with Gasteiger partial charge < -0.3 is 10.1 Å². The van der Waals surface area contributed by atoms with Gasteiger partial charge in [0.1, 0.15) is 12.4 Å². The molecule has 0 atom stereocenters. The molecule has 18 heavy (non-hydrogen) atoms. The molecule has 1 aliphatic heterocycles. The highest BCUT2D eigenvalue weighted by atomic mass is 79.9. The smallest absolute Gasteiger partial charge is 0.133 e. The normalized spacial score (nSPS) is 16.6. The van der Waals surface area contributed by atoms with Crippen LogP contribution in [0.1, 0.15) is 31.2 Å². The predicted octanol–water partition coefficient (Wildman–Crippen LogP) is 3.87. The molecule has 1 aromatic carbocycles. The fourth-order valence-electron chi connectivity index (χ4n) is 2.24. The lowest BCUT2D eigenvalue weighted by Gasteiger charge is -2.23. The van der Waals surface area contributed by atoms with E-state index in [1.54, 1.807) is 0 Å². The zero-order valence-corrected chi connectivity index (χ0v) is 12.4. The van der Waals surface area contributed by atoms with Crippen molar-refractivity contribution >= 4 is 15.9 Å². The van der Waals surface area contributed by atoms with Crippen molar-refractivity contribution in [2.45, 2.75) is 25.7 Å². The first-order chi connectivity index (χ1) is 8.66. The minimum atomic E-state index is 0.575. The van der Waals surface area contributed by atoms with Crippen LogP contribution < -0.4 is 10.1 Å². The highest BCUT2D eigenvalue weighted by Gasteiger charge is 2.16. The number of ether oxygens (including phenoxy) is 1. The molecule has 0 unspecified atom stereocenters. The summed E-state index contributed by atoms with van der Waals surface area (Å²) >= 11 is 3.59. The SMILES string of the molecule is C=C(C)COc1ccc(C2CCNCC2)cc1Br. The lowest BCUT2D eigenvalue weighted by molar-refractivity contribution is 0.350. The van der Waals surface area contributed by atoms with Crippen molar-refractivity contribution in [1.29, 1.82) is 0 Å². The van der Waals surface area contributed by atoms with E-state index in [2.05, 4.69) is 46.0 Å². The Hall–Kier alpha value is -0.800. The van der Waals surface area contributed by atoms with Crippen LogP contribution in [0.5, 0.6) is 5.75 Å². The van der Waals surface area contributed by atoms with Gasteiger partial charge in [-0.15, -0.1) is 0 Å². The highest BCUT2D eigenvalue weighted by molar-refractivity contribution is 9.10. The molecular formula is C15H20BrNO. The molecule has 1 aromatic rings. The van der Waals surface area contributed by atoms with Crippen LogP contribution in [-0.2, 0) is 0 Å². The van der Waals surface area contributed by atoms with E-state index in [0.717, 1.165) is 28.9 Å². The zero-order chi connectivity index (χ0) is 13.0. The molecule has 2 rings (SSSR count). The average Bonchev–Trinajstić information content (AvgIpc) is 2.38. The van der Waals surface area contributed by atoms with Crippen molar-refractivity contribution in [3.63, 3.8) is 0 Å². The molecule has 1 N–H and O–H groups in total. The Labute approximate surface area is 118 Å². The van der Waals surface area contributed by atoms with Crippen LogP contribution >= 0.6 is 15.9 Å². The molecule has 0 radical (unpaired) electrons. The van der Waals surface area contributed by atoms with E-state index in [0.29, 0.717) is 12.5 Å². The summed E-state index contributed by atoms with van der Waals surface area (Å²) in [6.07, 6.45) is 2.44. The Kier molecular flexibility index (Phi) is 4.84. The molecule has 1 fully saturated rings. The van der Waals surface area contributed by atoms with Crippen LogP contribution in [0.25, 0.3) is 0 Å². The van der Waals surface area contributed by atoms with Gasteiger partial charge in [0.25, 0.3) is 0 Å². The van der Waals surface area contributed by atoms with Crippen molar-refractivity contribution in [2.24, 2.45) is 0 Å². The molecule has 0 spiro atoms. The Morgan fingerprint density at radius 1 is 1.44 bits per heavy atom. The van der Waals surface area contributed by atoms with Crippen molar-refractivity contribution in [3.8, 4) is 5.75 Å². The van der Waals surface area contributed by atoms with Crippen molar-refractivity contribution in [2.75, 3.05) is 19.7 Å². The summed E-state index contributed by atoms with van der Waals surface area (Å²) in [7, 11) is 0. The number of hydrogen-bond acceptors (Lipinski definition) is 2. The van der Waals surface area contributed by atoms with Gasteiger partial charge in [0, 0.05) is 0 Å². The van der Waals surface area contributed by atoms with Crippen LogP contribution in [0.4, 0.5) is 0 Å². The summed E-state index contributed by atoms with van der Waals surface area (Å²) in [5.74, 6) is 1.58. The fourth-order valence-corrected chi connectivity index (χ4v) is 2.76. The molecule has 1 aliphatic rings. The number of rotatable bonds is 4. The van der Waals surface area contributed by atoms with Crippen LogP contribution in [-0.4, -0.2) is 19.7 Å². The first-order valence-corrected chi connectivity index (χ1v) is 7.23. The second-order valence-corrected chi connectivity index (χ2v) is 5.81. The third-order valence-electron chi connectivity index (χ3n) is 3.24. The van der Waals surface area contributed by atoms with Gasteiger partial charge in [-0.25, -0.2) is 0 Å². The lowest BCUT2D eigenvalue weighted by atomic mass is 9.90. The van der Waals surface area contributed by atoms with Crippen molar-refractivity contribution in [3.05, 3.63) is 40.4 Å². The summed E-state index contributed by atoms with van der Waals surface area (Å²) in [6, 6.07) is 6.45. The average molecular weight is 310 g/mol. The number of nitrogens with one attached hydrogen (secondary N) is 1. The summed E-state index contributed by atoms with van der Waals surface area (Å²) in [5, 5.41) is 3.40. The molecule has 1 saturated heterocycles. The number of benzene rings is 1. The second kappa shape index (κ2) is 6.39. The molecule has 0 saturated carbocycles. The van der Waals surface area contributed by atoms with E-state index in [9.17, 15) is 0 Å². The topological polar surface area (TPSA) is 21.3 Å². The molecule has 3 heteroatoms. The number of piperidine rings is 1. The van der Waals surface area contributed by atoms with Gasteiger partial charge in [0.15, 0.2) is 0 Å². The molecular weight excluding hydrogens is 290 g/mol. The van der Waals surface area contributed by atoms with E-state index >= 15 is 0 Å². The van der Waals surface area contributed by atoms with Crippen molar-refractivity contribution < 1.29 is 4.74 Å². The summed E-state index contributed by atoms with van der Waals surface area (Å²) < 4.78 is 6.72. The molecule has 2 nitrogen and oxygen atoms in total. The first-order valence-electron chi connectivity index (χ1n) is 6.44. The Balaban J connectivity index is 2.06. The third kappa shape index (κ3) is 3.59. The molecule has 0 aromatic heterocycles. The highest BCUT2D eigenvalue weighted by Crippen LogP contribution is 2.32. The largest absolute Gasteiger partial charge is 0.488 e. The zero-order valence-electron chi connectivity index (χ0n) is 10.8. The Morgan fingerprint density at radius 3 is 2.78 bits per heavy atom.